The third-order valence-corrected chi connectivity index (χ3v) is 7.39. The number of ether oxygens (including phenoxy) is 2. The Bertz CT molecular complexity index is 1560. The van der Waals surface area contributed by atoms with E-state index in [0.717, 1.165) is 17.5 Å². The molecule has 0 unspecified atom stereocenters. The lowest BCUT2D eigenvalue weighted by atomic mass is 9.74. The third-order valence-electron chi connectivity index (χ3n) is 7.39. The molecule has 0 amide bonds. The first-order valence-corrected chi connectivity index (χ1v) is 13.1. The molecule has 0 aromatic heterocycles. The van der Waals surface area contributed by atoms with Crippen molar-refractivity contribution in [3.05, 3.63) is 139 Å². The zero-order valence-electron chi connectivity index (χ0n) is 23.5. The third kappa shape index (κ3) is 6.17. The quantitative estimate of drug-likeness (QED) is 0.0888. The van der Waals surface area contributed by atoms with Gasteiger partial charge in [-0.05, 0) is 67.8 Å². The van der Waals surface area contributed by atoms with E-state index in [9.17, 15) is 29.8 Å². The summed E-state index contributed by atoms with van der Waals surface area (Å²) < 4.78 is 10.9. The number of nitrogens with zero attached hydrogens (tertiary/aromatic N) is 2. The lowest BCUT2D eigenvalue weighted by Crippen LogP contribution is -2.22. The van der Waals surface area contributed by atoms with Gasteiger partial charge in [0.25, 0.3) is 11.4 Å². The summed E-state index contributed by atoms with van der Waals surface area (Å²) in [6.07, 6.45) is 0.728. The zero-order valence-corrected chi connectivity index (χ0v) is 23.5. The number of carbonyl (C=O) groups excluding carboxylic acids is 2. The van der Waals surface area contributed by atoms with Crippen LogP contribution in [0.2, 0.25) is 0 Å². The van der Waals surface area contributed by atoms with Gasteiger partial charge in [0, 0.05) is 28.7 Å². The molecule has 4 aromatic carbocycles. The highest BCUT2D eigenvalue weighted by Gasteiger charge is 2.27. The standard InChI is InChI=1S/C32H28N2O8/c1-5-32(4,24-10-14-26(15-11-24)41-30(35)22-8-6-20(2)28(18-22)33(37)38)25-12-16-27(17-13-25)42-31(36)23-9-7-21(3)29(19-23)34(39)40/h6-19H,5H2,1-4H3. The van der Waals surface area contributed by atoms with Crippen LogP contribution in [-0.4, -0.2) is 21.8 Å². The number of nitro benzene ring substituents is 2. The van der Waals surface area contributed by atoms with Crippen molar-refractivity contribution < 1.29 is 28.9 Å². The number of esters is 2. The maximum absolute atomic E-state index is 12.6. The highest BCUT2D eigenvalue weighted by molar-refractivity contribution is 5.92. The minimum atomic E-state index is -0.700. The van der Waals surface area contributed by atoms with Crippen LogP contribution in [0.5, 0.6) is 11.5 Å². The summed E-state index contributed by atoms with van der Waals surface area (Å²) in [5, 5.41) is 22.4. The molecule has 10 heteroatoms. The first kappa shape index (κ1) is 29.6. The van der Waals surface area contributed by atoms with Crippen molar-refractivity contribution in [3.63, 3.8) is 0 Å². The fourth-order valence-electron chi connectivity index (χ4n) is 4.55. The average Bonchev–Trinajstić information content (AvgIpc) is 2.97. The summed E-state index contributed by atoms with van der Waals surface area (Å²) >= 11 is 0. The molecule has 0 aliphatic rings. The molecule has 214 valence electrons. The molecule has 0 N–H and O–H groups in total. The highest BCUT2D eigenvalue weighted by Crippen LogP contribution is 2.37. The number of rotatable bonds is 9. The van der Waals surface area contributed by atoms with Gasteiger partial charge in [-0.25, -0.2) is 9.59 Å². The van der Waals surface area contributed by atoms with E-state index in [4.69, 9.17) is 9.47 Å². The molecule has 0 fully saturated rings. The van der Waals surface area contributed by atoms with Crippen molar-refractivity contribution in [2.24, 2.45) is 0 Å². The van der Waals surface area contributed by atoms with Crippen molar-refractivity contribution in [2.45, 2.75) is 39.5 Å². The van der Waals surface area contributed by atoms with E-state index in [-0.39, 0.29) is 22.5 Å². The molecular weight excluding hydrogens is 540 g/mol. The Morgan fingerprint density at radius 2 is 1.02 bits per heavy atom. The summed E-state index contributed by atoms with van der Waals surface area (Å²) in [7, 11) is 0. The van der Waals surface area contributed by atoms with Crippen LogP contribution in [-0.2, 0) is 5.41 Å². The smallest absolute Gasteiger partial charge is 0.343 e. The average molecular weight is 569 g/mol. The van der Waals surface area contributed by atoms with Gasteiger partial charge in [-0.1, -0.05) is 50.2 Å². The number of benzene rings is 4. The second-order valence-corrected chi connectivity index (χ2v) is 10.0. The molecule has 4 rings (SSSR count). The molecule has 0 bridgehead atoms. The fraction of sp³-hybridized carbons (Fsp3) is 0.188. The van der Waals surface area contributed by atoms with E-state index in [2.05, 4.69) is 6.92 Å². The lowest BCUT2D eigenvalue weighted by molar-refractivity contribution is -0.385. The second-order valence-electron chi connectivity index (χ2n) is 10.0. The van der Waals surface area contributed by atoms with Gasteiger partial charge in [0.05, 0.1) is 21.0 Å². The monoisotopic (exact) mass is 568 g/mol. The van der Waals surface area contributed by atoms with E-state index in [1.807, 2.05) is 31.2 Å². The minimum absolute atomic E-state index is 0.0798. The summed E-state index contributed by atoms with van der Waals surface area (Å²) in [5.74, 6) is -0.808. The molecule has 0 saturated carbocycles. The second kappa shape index (κ2) is 12.0. The van der Waals surface area contributed by atoms with Crippen LogP contribution in [0, 0.1) is 34.1 Å². The van der Waals surface area contributed by atoms with E-state index in [1.165, 1.54) is 36.4 Å². The van der Waals surface area contributed by atoms with Crippen molar-refractivity contribution in [2.75, 3.05) is 0 Å². The predicted octanol–water partition coefficient (Wildman–Crippen LogP) is 7.27. The Labute approximate surface area is 241 Å². The van der Waals surface area contributed by atoms with Crippen LogP contribution in [0.25, 0.3) is 0 Å². The van der Waals surface area contributed by atoms with Crippen LogP contribution in [0.15, 0.2) is 84.9 Å². The topological polar surface area (TPSA) is 139 Å². The van der Waals surface area contributed by atoms with E-state index in [1.54, 1.807) is 38.1 Å². The Balaban J connectivity index is 1.48. The fourth-order valence-corrected chi connectivity index (χ4v) is 4.55. The molecule has 4 aromatic rings. The SMILES string of the molecule is CCC(C)(c1ccc(OC(=O)c2ccc(C)c([N+](=O)[O-])c2)cc1)c1ccc(OC(=O)c2ccc(C)c([N+](=O)[O-])c2)cc1. The van der Waals surface area contributed by atoms with E-state index < -0.39 is 27.2 Å². The van der Waals surface area contributed by atoms with Crippen LogP contribution in [0.4, 0.5) is 11.4 Å². The van der Waals surface area contributed by atoms with Gasteiger partial charge in [0.1, 0.15) is 11.5 Å². The lowest BCUT2D eigenvalue weighted by Gasteiger charge is -2.30. The number of hydrogen-bond donors (Lipinski definition) is 0. The number of aryl methyl sites for hydroxylation is 2. The number of nitro groups is 2. The normalized spacial score (nSPS) is 11.0. The van der Waals surface area contributed by atoms with Crippen molar-refractivity contribution in [1.29, 1.82) is 0 Å². The Morgan fingerprint density at radius 3 is 1.33 bits per heavy atom. The van der Waals surface area contributed by atoms with Gasteiger partial charge in [0.15, 0.2) is 0 Å². The van der Waals surface area contributed by atoms with Gasteiger partial charge >= 0.3 is 11.9 Å². The molecule has 0 heterocycles. The van der Waals surface area contributed by atoms with Gasteiger partial charge in [0.2, 0.25) is 0 Å². The maximum atomic E-state index is 12.6. The Kier molecular flexibility index (Phi) is 8.46. The van der Waals surface area contributed by atoms with E-state index >= 15 is 0 Å². The Hall–Kier alpha value is -5.38. The molecule has 0 saturated heterocycles. The highest BCUT2D eigenvalue weighted by atomic mass is 16.6. The number of hydrogen-bond acceptors (Lipinski definition) is 8. The molecule has 0 aliphatic heterocycles. The minimum Gasteiger partial charge on any atom is -0.423 e. The summed E-state index contributed by atoms with van der Waals surface area (Å²) in [4.78, 5) is 46.6. The molecule has 10 nitrogen and oxygen atoms in total. The van der Waals surface area contributed by atoms with Gasteiger partial charge in [-0.15, -0.1) is 0 Å². The molecule has 42 heavy (non-hydrogen) atoms. The Morgan fingerprint density at radius 1 is 0.667 bits per heavy atom. The molecule has 0 radical (unpaired) electrons. The van der Waals surface area contributed by atoms with Gasteiger partial charge in [-0.3, -0.25) is 20.2 Å². The van der Waals surface area contributed by atoms with Crippen LogP contribution < -0.4 is 9.47 Å². The molecule has 0 spiro atoms. The van der Waals surface area contributed by atoms with Gasteiger partial charge in [-0.2, -0.15) is 0 Å². The summed E-state index contributed by atoms with van der Waals surface area (Å²) in [6, 6.07) is 22.4. The maximum Gasteiger partial charge on any atom is 0.343 e. The molecule has 0 aliphatic carbocycles. The summed E-state index contributed by atoms with van der Waals surface area (Å²) in [6.45, 7) is 7.29. The van der Waals surface area contributed by atoms with Crippen LogP contribution in [0.3, 0.4) is 0 Å². The molecule has 0 atom stereocenters. The van der Waals surface area contributed by atoms with Crippen molar-refractivity contribution in [1.82, 2.24) is 0 Å². The first-order chi connectivity index (χ1) is 19.9. The largest absolute Gasteiger partial charge is 0.423 e. The summed E-state index contributed by atoms with van der Waals surface area (Å²) in [5.41, 5.74) is 2.22. The first-order valence-electron chi connectivity index (χ1n) is 13.1. The van der Waals surface area contributed by atoms with Gasteiger partial charge < -0.3 is 9.47 Å². The number of carbonyl (C=O) groups is 2. The van der Waals surface area contributed by atoms with Crippen LogP contribution in [0.1, 0.15) is 63.2 Å². The van der Waals surface area contributed by atoms with E-state index in [0.29, 0.717) is 22.6 Å². The molecular formula is C32H28N2O8. The van der Waals surface area contributed by atoms with Crippen LogP contribution >= 0.6 is 0 Å². The van der Waals surface area contributed by atoms with Crippen molar-refractivity contribution >= 4 is 23.3 Å². The van der Waals surface area contributed by atoms with Crippen molar-refractivity contribution in [3.8, 4) is 11.5 Å². The predicted molar refractivity (Wildman–Crippen MR) is 155 cm³/mol. The zero-order chi connectivity index (χ0) is 30.6.